The predicted molar refractivity (Wildman–Crippen MR) is 171 cm³/mol. The van der Waals surface area contributed by atoms with Crippen molar-refractivity contribution in [3.63, 3.8) is 0 Å². The van der Waals surface area contributed by atoms with Gasteiger partial charge >= 0.3 is 0 Å². The molecule has 232 valence electrons. The summed E-state index contributed by atoms with van der Waals surface area (Å²) in [4.78, 5) is 43.0. The largest absolute Gasteiger partial charge is 0.497 e. The number of rotatable bonds is 12. The summed E-state index contributed by atoms with van der Waals surface area (Å²) in [6, 6.07) is 15.6. The molecule has 3 amide bonds. The van der Waals surface area contributed by atoms with Gasteiger partial charge in [-0.1, -0.05) is 42.5 Å². The number of hydrogen-bond donors (Lipinski definition) is 5. The van der Waals surface area contributed by atoms with Gasteiger partial charge in [0, 0.05) is 32.1 Å². The van der Waals surface area contributed by atoms with Gasteiger partial charge in [0.25, 0.3) is 0 Å². The second-order valence-corrected chi connectivity index (χ2v) is 11.6. The number of nitrogens with one attached hydrogen (secondary N) is 5. The Hall–Kier alpha value is -3.70. The van der Waals surface area contributed by atoms with E-state index in [0.29, 0.717) is 43.9 Å². The van der Waals surface area contributed by atoms with Crippen LogP contribution in [-0.4, -0.2) is 86.2 Å². The van der Waals surface area contributed by atoms with Crippen molar-refractivity contribution in [2.75, 3.05) is 34.3 Å². The first kappa shape index (κ1) is 32.2. The van der Waals surface area contributed by atoms with Crippen molar-refractivity contribution in [2.45, 2.75) is 62.7 Å². The van der Waals surface area contributed by atoms with Crippen molar-refractivity contribution in [3.05, 3.63) is 65.7 Å². The molecule has 10 nitrogen and oxygen atoms in total. The van der Waals surface area contributed by atoms with Gasteiger partial charge in [-0.3, -0.25) is 14.4 Å². The van der Waals surface area contributed by atoms with Gasteiger partial charge in [0.1, 0.15) is 17.8 Å². The molecule has 11 heteroatoms. The standard InChI is InChI=1S/C32H44N6O4S/c1-33-26(19-22-7-5-4-6-8-22)29(39)37-28-23(20-36-32(43)34-2)11-12-24-13-16-27(38(24)31(28)41)30(40)35-18-17-21-9-14-25(42-3)15-10-21/h4-10,14-15,23-24,26-28,33H,11-13,16-20H2,1-3H3,(H,35,40)(H,37,39)(H2,34,36,43)/t23-,24+,26-,27+,28+/m1/s1. The van der Waals surface area contributed by atoms with E-state index < -0.39 is 18.1 Å². The maximum absolute atomic E-state index is 14.2. The summed E-state index contributed by atoms with van der Waals surface area (Å²) in [6.45, 7) is 0.893. The number of thiocarbonyl (C=S) groups is 1. The number of benzene rings is 2. The van der Waals surface area contributed by atoms with Gasteiger partial charge < -0.3 is 36.2 Å². The molecule has 2 aromatic rings. The Labute approximate surface area is 259 Å². The minimum absolute atomic E-state index is 0.0464. The Morgan fingerprint density at radius 1 is 0.977 bits per heavy atom. The summed E-state index contributed by atoms with van der Waals surface area (Å²) in [5, 5.41) is 15.8. The lowest BCUT2D eigenvalue weighted by Crippen LogP contribution is -2.59. The van der Waals surface area contributed by atoms with Crippen LogP contribution in [0.2, 0.25) is 0 Å². The third kappa shape index (κ3) is 8.45. The van der Waals surface area contributed by atoms with E-state index in [-0.39, 0.29) is 29.7 Å². The molecular formula is C32H44N6O4S. The molecule has 0 bridgehead atoms. The third-order valence-electron chi connectivity index (χ3n) is 8.54. The lowest BCUT2D eigenvalue weighted by molar-refractivity contribution is -0.143. The SMILES string of the molecule is CNC(=S)NC[C@H]1CC[C@H]2CC[C@@H](C(=O)NCCc3ccc(OC)cc3)N2C(=O)[C@H]1NC(=O)[C@@H](Cc1ccccc1)NC. The fourth-order valence-corrected chi connectivity index (χ4v) is 6.16. The van der Waals surface area contributed by atoms with Crippen LogP contribution in [0.25, 0.3) is 0 Å². The number of fused-ring (bicyclic) bond motifs is 1. The number of carbonyl (C=O) groups is 3. The van der Waals surface area contributed by atoms with Crippen LogP contribution in [0.15, 0.2) is 54.6 Å². The summed E-state index contributed by atoms with van der Waals surface area (Å²) >= 11 is 5.29. The smallest absolute Gasteiger partial charge is 0.246 e. The van der Waals surface area contributed by atoms with Crippen molar-refractivity contribution < 1.29 is 19.1 Å². The van der Waals surface area contributed by atoms with Gasteiger partial charge in [0.05, 0.1) is 13.2 Å². The molecule has 5 N–H and O–H groups in total. The number of hydrogen-bond acceptors (Lipinski definition) is 6. The highest BCUT2D eigenvalue weighted by Gasteiger charge is 2.47. The molecule has 0 saturated carbocycles. The van der Waals surface area contributed by atoms with Crippen LogP contribution in [0.1, 0.15) is 36.8 Å². The van der Waals surface area contributed by atoms with E-state index in [0.717, 1.165) is 29.7 Å². The van der Waals surface area contributed by atoms with Crippen LogP contribution in [0.5, 0.6) is 5.75 Å². The normalized spacial score (nSPS) is 22.1. The number of carbonyl (C=O) groups excluding carboxylic acids is 3. The van der Waals surface area contributed by atoms with Crippen LogP contribution in [0.3, 0.4) is 0 Å². The summed E-state index contributed by atoms with van der Waals surface area (Å²) in [6.07, 6.45) is 3.99. The van der Waals surface area contributed by atoms with E-state index in [1.165, 1.54) is 0 Å². The molecule has 0 unspecified atom stereocenters. The van der Waals surface area contributed by atoms with Crippen molar-refractivity contribution in [2.24, 2.45) is 5.92 Å². The minimum Gasteiger partial charge on any atom is -0.497 e. The number of ether oxygens (including phenoxy) is 1. The van der Waals surface area contributed by atoms with E-state index >= 15 is 0 Å². The van der Waals surface area contributed by atoms with Crippen LogP contribution in [0.4, 0.5) is 0 Å². The molecule has 0 aromatic heterocycles. The molecule has 2 saturated heterocycles. The topological polar surface area (TPSA) is 124 Å². The van der Waals surface area contributed by atoms with Gasteiger partial charge in [-0.2, -0.15) is 0 Å². The Bertz CT molecular complexity index is 1240. The van der Waals surface area contributed by atoms with Crippen molar-refractivity contribution in [1.29, 1.82) is 0 Å². The molecule has 5 atom stereocenters. The number of methoxy groups -OCH3 is 1. The highest BCUT2D eigenvalue weighted by atomic mass is 32.1. The second kappa shape index (κ2) is 15.7. The lowest BCUT2D eigenvalue weighted by Gasteiger charge is -2.33. The van der Waals surface area contributed by atoms with E-state index in [9.17, 15) is 14.4 Å². The summed E-state index contributed by atoms with van der Waals surface area (Å²) in [5.41, 5.74) is 2.11. The zero-order valence-electron chi connectivity index (χ0n) is 25.2. The number of likely N-dealkylation sites (N-methyl/N-ethyl adjacent to an activating group) is 1. The fourth-order valence-electron chi connectivity index (χ4n) is 6.07. The molecule has 0 radical (unpaired) electrons. The van der Waals surface area contributed by atoms with Crippen molar-refractivity contribution in [3.8, 4) is 5.75 Å². The Balaban J connectivity index is 1.47. The maximum Gasteiger partial charge on any atom is 0.246 e. The van der Waals surface area contributed by atoms with Crippen LogP contribution < -0.4 is 31.3 Å². The fraction of sp³-hybridized carbons (Fsp3) is 0.500. The van der Waals surface area contributed by atoms with Crippen molar-refractivity contribution in [1.82, 2.24) is 31.5 Å². The number of nitrogens with zero attached hydrogens (tertiary/aromatic N) is 1. The highest BCUT2D eigenvalue weighted by molar-refractivity contribution is 7.80. The first-order valence-electron chi connectivity index (χ1n) is 15.0. The van der Waals surface area contributed by atoms with Gasteiger partial charge in [-0.15, -0.1) is 0 Å². The van der Waals surface area contributed by atoms with Crippen molar-refractivity contribution >= 4 is 35.1 Å². The molecule has 4 rings (SSSR count). The van der Waals surface area contributed by atoms with Crippen LogP contribution >= 0.6 is 12.2 Å². The minimum atomic E-state index is -0.788. The zero-order valence-corrected chi connectivity index (χ0v) is 26.0. The second-order valence-electron chi connectivity index (χ2n) is 11.2. The van der Waals surface area contributed by atoms with Gasteiger partial charge in [-0.05, 0) is 81.1 Å². The van der Waals surface area contributed by atoms with Crippen LogP contribution in [-0.2, 0) is 27.2 Å². The summed E-state index contributed by atoms with van der Waals surface area (Å²) < 4.78 is 5.22. The van der Waals surface area contributed by atoms with E-state index in [2.05, 4.69) is 26.6 Å². The monoisotopic (exact) mass is 608 g/mol. The first-order chi connectivity index (χ1) is 20.8. The van der Waals surface area contributed by atoms with Gasteiger partial charge in [-0.25, -0.2) is 0 Å². The molecule has 0 aliphatic carbocycles. The zero-order chi connectivity index (χ0) is 30.8. The van der Waals surface area contributed by atoms with E-state index in [1.54, 1.807) is 26.1 Å². The molecule has 2 aliphatic rings. The average Bonchev–Trinajstić information content (AvgIpc) is 3.42. The molecule has 2 fully saturated rings. The van der Waals surface area contributed by atoms with Gasteiger partial charge in [0.15, 0.2) is 5.11 Å². The van der Waals surface area contributed by atoms with E-state index in [4.69, 9.17) is 17.0 Å². The first-order valence-corrected chi connectivity index (χ1v) is 15.4. The lowest BCUT2D eigenvalue weighted by atomic mass is 9.92. The third-order valence-corrected chi connectivity index (χ3v) is 8.89. The molecule has 2 aliphatic heterocycles. The highest BCUT2D eigenvalue weighted by Crippen LogP contribution is 2.34. The Kier molecular flexibility index (Phi) is 11.7. The summed E-state index contributed by atoms with van der Waals surface area (Å²) in [7, 11) is 5.11. The molecular weight excluding hydrogens is 564 g/mol. The van der Waals surface area contributed by atoms with Gasteiger partial charge in [0.2, 0.25) is 17.7 Å². The van der Waals surface area contributed by atoms with Crippen LogP contribution in [0, 0.1) is 5.92 Å². The Morgan fingerprint density at radius 2 is 1.70 bits per heavy atom. The van der Waals surface area contributed by atoms with E-state index in [1.807, 2.05) is 54.6 Å². The summed E-state index contributed by atoms with van der Waals surface area (Å²) in [5.74, 6) is -0.0150. The average molecular weight is 609 g/mol. The predicted octanol–water partition coefficient (Wildman–Crippen LogP) is 1.53. The Morgan fingerprint density at radius 3 is 2.37 bits per heavy atom. The molecule has 2 aromatic carbocycles. The molecule has 0 spiro atoms. The number of amides is 3. The quantitative estimate of drug-likeness (QED) is 0.230. The molecule has 43 heavy (non-hydrogen) atoms. The maximum atomic E-state index is 14.2. The molecule has 2 heterocycles.